The molecule has 0 spiro atoms. The lowest BCUT2D eigenvalue weighted by Gasteiger charge is -2.12. The number of nitrogens with one attached hydrogen (secondary N) is 1. The monoisotopic (exact) mass is 326 g/mol. The number of hydrogen-bond acceptors (Lipinski definition) is 6. The van der Waals surface area contributed by atoms with Crippen LogP contribution in [0.5, 0.6) is 0 Å². The van der Waals surface area contributed by atoms with Crippen LogP contribution in [0.1, 0.15) is 25.6 Å². The highest BCUT2D eigenvalue weighted by Gasteiger charge is 2.15. The van der Waals surface area contributed by atoms with Crippen molar-refractivity contribution in [2.45, 2.75) is 26.3 Å². The fourth-order valence-corrected chi connectivity index (χ4v) is 2.65. The average molecular weight is 326 g/mol. The maximum absolute atomic E-state index is 11.1. The first-order valence-corrected chi connectivity index (χ1v) is 7.71. The van der Waals surface area contributed by atoms with E-state index >= 15 is 0 Å². The first kappa shape index (κ1) is 15.9. The minimum atomic E-state index is -0.389. The molecule has 3 aromatic rings. The van der Waals surface area contributed by atoms with E-state index in [9.17, 15) is 10.1 Å². The van der Waals surface area contributed by atoms with E-state index in [1.165, 1.54) is 6.07 Å². The van der Waals surface area contributed by atoms with Gasteiger partial charge in [0.15, 0.2) is 0 Å². The van der Waals surface area contributed by atoms with E-state index in [0.29, 0.717) is 29.9 Å². The molecule has 0 unspecified atom stereocenters. The number of aromatic nitrogens is 4. The third-order valence-electron chi connectivity index (χ3n) is 3.77. The molecule has 2 heterocycles. The number of nitrogens with zero attached hydrogens (tertiary/aromatic N) is 5. The van der Waals surface area contributed by atoms with Crippen molar-refractivity contribution in [3.63, 3.8) is 0 Å². The first-order valence-electron chi connectivity index (χ1n) is 7.71. The van der Waals surface area contributed by atoms with Gasteiger partial charge in [-0.2, -0.15) is 0 Å². The molecule has 0 saturated carbocycles. The largest absolute Gasteiger partial charge is 0.381 e. The molecule has 2 aromatic heterocycles. The summed E-state index contributed by atoms with van der Waals surface area (Å²) in [4.78, 5) is 15.0. The molecule has 8 heteroatoms. The lowest BCUT2D eigenvalue weighted by Crippen LogP contribution is -2.13. The Labute approximate surface area is 138 Å². The summed E-state index contributed by atoms with van der Waals surface area (Å²) >= 11 is 0. The minimum Gasteiger partial charge on any atom is -0.381 e. The lowest BCUT2D eigenvalue weighted by molar-refractivity contribution is -0.383. The van der Waals surface area contributed by atoms with E-state index in [1.807, 2.05) is 4.57 Å². The van der Waals surface area contributed by atoms with Gasteiger partial charge in [0.05, 0.1) is 16.0 Å². The van der Waals surface area contributed by atoms with Crippen LogP contribution in [0.25, 0.3) is 10.9 Å². The molecular formula is C16H18N6O2. The summed E-state index contributed by atoms with van der Waals surface area (Å²) in [7, 11) is 0. The molecule has 0 aliphatic carbocycles. The van der Waals surface area contributed by atoms with Crippen molar-refractivity contribution in [1.82, 2.24) is 19.7 Å². The van der Waals surface area contributed by atoms with Crippen LogP contribution in [0.3, 0.4) is 0 Å². The SMILES string of the molecule is CC(C)c1nncn1CCNc1ccc([N+](=O)[O-])c2cccnc12. The van der Waals surface area contributed by atoms with Crippen LogP contribution in [0.2, 0.25) is 0 Å². The van der Waals surface area contributed by atoms with Crippen molar-refractivity contribution in [3.05, 3.63) is 52.7 Å². The second-order valence-electron chi connectivity index (χ2n) is 5.75. The lowest BCUT2D eigenvalue weighted by atomic mass is 10.1. The minimum absolute atomic E-state index is 0.0598. The molecule has 3 rings (SSSR count). The van der Waals surface area contributed by atoms with Crippen LogP contribution in [-0.4, -0.2) is 31.2 Å². The molecule has 124 valence electrons. The zero-order valence-electron chi connectivity index (χ0n) is 13.5. The third kappa shape index (κ3) is 3.03. The molecule has 0 radical (unpaired) electrons. The zero-order chi connectivity index (χ0) is 17.1. The van der Waals surface area contributed by atoms with Crippen molar-refractivity contribution < 1.29 is 4.92 Å². The smallest absolute Gasteiger partial charge is 0.278 e. The summed E-state index contributed by atoms with van der Waals surface area (Å²) in [5.41, 5.74) is 1.43. The highest BCUT2D eigenvalue weighted by molar-refractivity contribution is 5.96. The molecule has 0 amide bonds. The Hall–Kier alpha value is -3.03. The second kappa shape index (κ2) is 6.61. The molecule has 0 fully saturated rings. The van der Waals surface area contributed by atoms with Gasteiger partial charge in [0.25, 0.3) is 5.69 Å². The van der Waals surface area contributed by atoms with Crippen molar-refractivity contribution in [2.75, 3.05) is 11.9 Å². The predicted octanol–water partition coefficient (Wildman–Crippen LogP) is 2.97. The van der Waals surface area contributed by atoms with Crippen LogP contribution in [0.4, 0.5) is 11.4 Å². The molecule has 1 aromatic carbocycles. The Bertz CT molecular complexity index is 874. The summed E-state index contributed by atoms with van der Waals surface area (Å²) < 4.78 is 2.00. The quantitative estimate of drug-likeness (QED) is 0.552. The second-order valence-corrected chi connectivity index (χ2v) is 5.75. The van der Waals surface area contributed by atoms with E-state index in [1.54, 1.807) is 30.7 Å². The van der Waals surface area contributed by atoms with Crippen molar-refractivity contribution in [2.24, 2.45) is 0 Å². The van der Waals surface area contributed by atoms with Gasteiger partial charge in [-0.1, -0.05) is 13.8 Å². The van der Waals surface area contributed by atoms with Gasteiger partial charge in [-0.3, -0.25) is 15.1 Å². The maximum Gasteiger partial charge on any atom is 0.278 e. The van der Waals surface area contributed by atoms with Gasteiger partial charge < -0.3 is 9.88 Å². The fourth-order valence-electron chi connectivity index (χ4n) is 2.65. The van der Waals surface area contributed by atoms with Crippen molar-refractivity contribution in [3.8, 4) is 0 Å². The Morgan fingerprint density at radius 1 is 1.33 bits per heavy atom. The van der Waals surface area contributed by atoms with Gasteiger partial charge in [0, 0.05) is 31.3 Å². The molecule has 1 N–H and O–H groups in total. The molecule has 24 heavy (non-hydrogen) atoms. The van der Waals surface area contributed by atoms with Crippen LogP contribution >= 0.6 is 0 Å². The Morgan fingerprint density at radius 2 is 2.17 bits per heavy atom. The maximum atomic E-state index is 11.1. The van der Waals surface area contributed by atoms with E-state index < -0.39 is 0 Å². The summed E-state index contributed by atoms with van der Waals surface area (Å²) in [5, 5.41) is 23.0. The summed E-state index contributed by atoms with van der Waals surface area (Å²) in [5.74, 6) is 1.23. The number of fused-ring (bicyclic) bond motifs is 1. The van der Waals surface area contributed by atoms with Crippen molar-refractivity contribution in [1.29, 1.82) is 0 Å². The molecule has 0 aliphatic heterocycles. The molecule has 0 bridgehead atoms. The highest BCUT2D eigenvalue weighted by atomic mass is 16.6. The molecule has 0 saturated heterocycles. The Balaban J connectivity index is 1.80. The molecule has 0 atom stereocenters. The fraction of sp³-hybridized carbons (Fsp3) is 0.312. The van der Waals surface area contributed by atoms with Gasteiger partial charge in [-0.25, -0.2) is 0 Å². The molecule has 0 aliphatic rings. The van der Waals surface area contributed by atoms with Crippen LogP contribution < -0.4 is 5.32 Å². The third-order valence-corrected chi connectivity index (χ3v) is 3.77. The van der Waals surface area contributed by atoms with E-state index in [0.717, 1.165) is 11.5 Å². The van der Waals surface area contributed by atoms with Gasteiger partial charge in [-0.15, -0.1) is 10.2 Å². The van der Waals surface area contributed by atoms with Crippen LogP contribution in [-0.2, 0) is 6.54 Å². The van der Waals surface area contributed by atoms with E-state index in [-0.39, 0.29) is 10.6 Å². The average Bonchev–Trinajstić information content (AvgIpc) is 3.03. The van der Waals surface area contributed by atoms with Crippen LogP contribution in [0.15, 0.2) is 36.8 Å². The topological polar surface area (TPSA) is 98.8 Å². The summed E-state index contributed by atoms with van der Waals surface area (Å²) in [6.07, 6.45) is 3.34. The number of hydrogen-bond donors (Lipinski definition) is 1. The number of benzene rings is 1. The Kier molecular flexibility index (Phi) is 4.37. The summed E-state index contributed by atoms with van der Waals surface area (Å²) in [6.45, 7) is 5.48. The van der Waals surface area contributed by atoms with Gasteiger partial charge in [0.1, 0.15) is 17.7 Å². The Morgan fingerprint density at radius 3 is 2.92 bits per heavy atom. The predicted molar refractivity (Wildman–Crippen MR) is 91.0 cm³/mol. The number of pyridine rings is 1. The van der Waals surface area contributed by atoms with Crippen molar-refractivity contribution >= 4 is 22.3 Å². The standard InChI is InChI=1S/C16H18N6O2/c1-11(2)16-20-19-10-21(16)9-8-17-13-5-6-14(22(23)24)12-4-3-7-18-15(12)13/h3-7,10-11,17H,8-9H2,1-2H3. The number of non-ortho nitro benzene ring substituents is 1. The molecule has 8 nitrogen and oxygen atoms in total. The summed E-state index contributed by atoms with van der Waals surface area (Å²) in [6, 6.07) is 6.61. The van der Waals surface area contributed by atoms with Gasteiger partial charge in [-0.05, 0) is 18.2 Å². The van der Waals surface area contributed by atoms with E-state index in [2.05, 4.69) is 34.3 Å². The number of anilines is 1. The molecular weight excluding hydrogens is 308 g/mol. The van der Waals surface area contributed by atoms with Gasteiger partial charge >= 0.3 is 0 Å². The van der Waals surface area contributed by atoms with Crippen LogP contribution in [0, 0.1) is 10.1 Å². The van der Waals surface area contributed by atoms with E-state index in [4.69, 9.17) is 0 Å². The number of nitro groups is 1. The zero-order valence-corrected chi connectivity index (χ0v) is 13.5. The highest BCUT2D eigenvalue weighted by Crippen LogP contribution is 2.29. The first-order chi connectivity index (χ1) is 11.6. The normalized spacial score (nSPS) is 11.1. The number of rotatable bonds is 6. The van der Waals surface area contributed by atoms with Gasteiger partial charge in [0.2, 0.25) is 0 Å². The number of nitro benzene ring substituents is 1.